The second kappa shape index (κ2) is 6.16. The average Bonchev–Trinajstić information content (AvgIpc) is 2.50. The zero-order chi connectivity index (χ0) is 17.2. The lowest BCUT2D eigenvalue weighted by molar-refractivity contribution is -0.385. The summed E-state index contributed by atoms with van der Waals surface area (Å²) >= 11 is 0. The minimum Gasteiger partial charge on any atom is -0.467 e. The molecule has 0 aliphatic carbocycles. The molecule has 0 spiro atoms. The summed E-state index contributed by atoms with van der Waals surface area (Å²) in [5.41, 5.74) is 0.649. The molecule has 0 unspecified atom stereocenters. The maximum atomic E-state index is 12.4. The summed E-state index contributed by atoms with van der Waals surface area (Å²) in [4.78, 5) is 17.9. The minimum absolute atomic E-state index is 0.123. The highest BCUT2D eigenvalue weighted by Crippen LogP contribution is 2.24. The number of rotatable bonds is 5. The number of ether oxygens (including phenoxy) is 1. The van der Waals surface area contributed by atoms with Crippen molar-refractivity contribution in [3.8, 4) is 6.01 Å². The largest absolute Gasteiger partial charge is 0.467 e. The van der Waals surface area contributed by atoms with Crippen molar-refractivity contribution in [1.82, 2.24) is 9.97 Å². The van der Waals surface area contributed by atoms with E-state index in [0.717, 1.165) is 6.07 Å². The van der Waals surface area contributed by atoms with Gasteiger partial charge in [-0.05, 0) is 19.9 Å². The van der Waals surface area contributed by atoms with Crippen molar-refractivity contribution >= 4 is 21.4 Å². The molecule has 1 heterocycles. The van der Waals surface area contributed by atoms with Crippen molar-refractivity contribution in [2.75, 3.05) is 11.8 Å². The van der Waals surface area contributed by atoms with Crippen molar-refractivity contribution in [2.24, 2.45) is 0 Å². The van der Waals surface area contributed by atoms with Crippen LogP contribution in [-0.2, 0) is 10.0 Å². The normalized spacial score (nSPS) is 11.1. The van der Waals surface area contributed by atoms with Crippen LogP contribution in [0.5, 0.6) is 6.01 Å². The van der Waals surface area contributed by atoms with Crippen LogP contribution in [0.25, 0.3) is 0 Å². The third kappa shape index (κ3) is 3.54. The van der Waals surface area contributed by atoms with Gasteiger partial charge in [0, 0.05) is 12.1 Å². The van der Waals surface area contributed by atoms with Crippen LogP contribution in [0.3, 0.4) is 0 Å². The Balaban J connectivity index is 2.43. The summed E-state index contributed by atoms with van der Waals surface area (Å²) in [6, 6.07) is 4.89. The molecule has 0 amide bonds. The van der Waals surface area contributed by atoms with Crippen molar-refractivity contribution in [1.29, 1.82) is 0 Å². The molecule has 10 heteroatoms. The highest BCUT2D eigenvalue weighted by atomic mass is 32.2. The van der Waals surface area contributed by atoms with Crippen molar-refractivity contribution in [3.63, 3.8) is 0 Å². The molecule has 23 heavy (non-hydrogen) atoms. The standard InChI is InChI=1S/C13H14N4O5S/c1-8-12(9(2)15-13(14-8)22-3)16-23(20,21)11-6-4-5-10(7-11)17(18)19/h4-7,16H,1-3H3. The van der Waals surface area contributed by atoms with Gasteiger partial charge in [-0.1, -0.05) is 6.07 Å². The number of sulfonamides is 1. The monoisotopic (exact) mass is 338 g/mol. The second-order valence-corrected chi connectivity index (χ2v) is 6.30. The SMILES string of the molecule is COc1nc(C)c(NS(=O)(=O)c2cccc([N+](=O)[O-])c2)c(C)n1. The summed E-state index contributed by atoms with van der Waals surface area (Å²) in [5.74, 6) is 0. The number of nitro benzene ring substituents is 1. The first kappa shape index (κ1) is 16.6. The molecule has 2 rings (SSSR count). The molecule has 2 aromatic rings. The summed E-state index contributed by atoms with van der Waals surface area (Å²) in [5, 5.41) is 10.8. The fraction of sp³-hybridized carbons (Fsp3) is 0.231. The van der Waals surface area contributed by atoms with Crippen LogP contribution in [0.4, 0.5) is 11.4 Å². The van der Waals surface area contributed by atoms with Crippen molar-refractivity contribution < 1.29 is 18.1 Å². The summed E-state index contributed by atoms with van der Waals surface area (Å²) in [6.45, 7) is 3.20. The lowest BCUT2D eigenvalue weighted by Crippen LogP contribution is -2.16. The lowest BCUT2D eigenvalue weighted by atomic mass is 10.3. The first-order valence-electron chi connectivity index (χ1n) is 6.41. The Kier molecular flexibility index (Phi) is 4.45. The number of benzene rings is 1. The van der Waals surface area contributed by atoms with E-state index in [2.05, 4.69) is 14.7 Å². The van der Waals surface area contributed by atoms with E-state index >= 15 is 0 Å². The van der Waals surface area contributed by atoms with Gasteiger partial charge < -0.3 is 4.74 Å². The molecule has 0 saturated heterocycles. The van der Waals surface area contributed by atoms with Gasteiger partial charge in [-0.25, -0.2) is 8.42 Å². The lowest BCUT2D eigenvalue weighted by Gasteiger charge is -2.13. The Labute approximate surface area is 132 Å². The number of non-ortho nitro benzene ring substituents is 1. The quantitative estimate of drug-likeness (QED) is 0.651. The summed E-state index contributed by atoms with van der Waals surface area (Å²) < 4.78 is 32.1. The Bertz CT molecular complexity index is 843. The molecule has 0 atom stereocenters. The fourth-order valence-corrected chi connectivity index (χ4v) is 3.10. The van der Waals surface area contributed by atoms with E-state index in [0.29, 0.717) is 11.4 Å². The molecule has 122 valence electrons. The zero-order valence-electron chi connectivity index (χ0n) is 12.6. The van der Waals surface area contributed by atoms with E-state index in [1.165, 1.54) is 25.3 Å². The van der Waals surface area contributed by atoms with Gasteiger partial charge in [-0.15, -0.1) is 0 Å². The zero-order valence-corrected chi connectivity index (χ0v) is 13.4. The van der Waals surface area contributed by atoms with Gasteiger partial charge in [-0.3, -0.25) is 14.8 Å². The Morgan fingerprint density at radius 2 is 1.83 bits per heavy atom. The number of aromatic nitrogens is 2. The fourth-order valence-electron chi connectivity index (χ4n) is 1.88. The Morgan fingerprint density at radius 1 is 1.22 bits per heavy atom. The van der Waals surface area contributed by atoms with Gasteiger partial charge in [0.25, 0.3) is 15.7 Å². The average molecular weight is 338 g/mol. The smallest absolute Gasteiger partial charge is 0.316 e. The van der Waals surface area contributed by atoms with Crippen molar-refractivity contribution in [2.45, 2.75) is 18.7 Å². The first-order chi connectivity index (χ1) is 10.7. The number of nitrogens with zero attached hydrogens (tertiary/aromatic N) is 3. The molecule has 0 bridgehead atoms. The minimum atomic E-state index is -4.01. The molecule has 1 N–H and O–H groups in total. The van der Waals surface area contributed by atoms with Crippen LogP contribution >= 0.6 is 0 Å². The molecule has 0 saturated carbocycles. The molecular weight excluding hydrogens is 324 g/mol. The van der Waals surface area contributed by atoms with Gasteiger partial charge in [0.05, 0.1) is 34.0 Å². The second-order valence-electron chi connectivity index (χ2n) is 4.62. The predicted molar refractivity (Wildman–Crippen MR) is 82.0 cm³/mol. The van der Waals surface area contributed by atoms with Gasteiger partial charge >= 0.3 is 6.01 Å². The molecule has 9 nitrogen and oxygen atoms in total. The highest BCUT2D eigenvalue weighted by Gasteiger charge is 2.20. The maximum absolute atomic E-state index is 12.4. The van der Waals surface area contributed by atoms with Gasteiger partial charge in [0.15, 0.2) is 0 Å². The number of aryl methyl sites for hydroxylation is 2. The van der Waals surface area contributed by atoms with Gasteiger partial charge in [0.1, 0.15) is 0 Å². The van der Waals surface area contributed by atoms with Crippen LogP contribution < -0.4 is 9.46 Å². The molecule has 0 radical (unpaired) electrons. The van der Waals surface area contributed by atoms with E-state index in [4.69, 9.17) is 4.74 Å². The molecule has 1 aromatic heterocycles. The predicted octanol–water partition coefficient (Wildman–Crippen LogP) is 1.81. The van der Waals surface area contributed by atoms with Gasteiger partial charge in [0.2, 0.25) is 0 Å². The van der Waals surface area contributed by atoms with Crippen LogP contribution in [0.1, 0.15) is 11.4 Å². The van der Waals surface area contributed by atoms with E-state index in [1.54, 1.807) is 13.8 Å². The number of hydrogen-bond acceptors (Lipinski definition) is 7. The highest BCUT2D eigenvalue weighted by molar-refractivity contribution is 7.92. The molecule has 0 aliphatic rings. The third-order valence-corrected chi connectivity index (χ3v) is 4.36. The molecule has 0 fully saturated rings. The summed E-state index contributed by atoms with van der Waals surface area (Å²) in [6.07, 6.45) is 0. The summed E-state index contributed by atoms with van der Waals surface area (Å²) in [7, 11) is -2.61. The number of methoxy groups -OCH3 is 1. The Morgan fingerprint density at radius 3 is 2.35 bits per heavy atom. The molecular formula is C13H14N4O5S. The third-order valence-electron chi connectivity index (χ3n) is 3.01. The van der Waals surface area contributed by atoms with Crippen LogP contribution in [0.15, 0.2) is 29.2 Å². The number of nitro groups is 1. The van der Waals surface area contributed by atoms with Crippen LogP contribution in [0, 0.1) is 24.0 Å². The number of nitrogens with one attached hydrogen (secondary N) is 1. The van der Waals surface area contributed by atoms with E-state index in [9.17, 15) is 18.5 Å². The van der Waals surface area contributed by atoms with Crippen LogP contribution in [0.2, 0.25) is 0 Å². The van der Waals surface area contributed by atoms with Crippen LogP contribution in [-0.4, -0.2) is 30.4 Å². The topological polar surface area (TPSA) is 124 Å². The van der Waals surface area contributed by atoms with Crippen molar-refractivity contribution in [3.05, 3.63) is 45.8 Å². The maximum Gasteiger partial charge on any atom is 0.316 e. The van der Waals surface area contributed by atoms with E-state index < -0.39 is 14.9 Å². The van der Waals surface area contributed by atoms with E-state index in [-0.39, 0.29) is 22.3 Å². The molecule has 0 aliphatic heterocycles. The molecule has 1 aromatic carbocycles. The Hall–Kier alpha value is -2.75. The van der Waals surface area contributed by atoms with Gasteiger partial charge in [-0.2, -0.15) is 9.97 Å². The number of anilines is 1. The first-order valence-corrected chi connectivity index (χ1v) is 7.89. The number of hydrogen-bond donors (Lipinski definition) is 1. The van der Waals surface area contributed by atoms with E-state index in [1.807, 2.05) is 0 Å².